The van der Waals surface area contributed by atoms with Crippen molar-refractivity contribution < 1.29 is 4.79 Å². The molecular formula is C15H18N2O. The Morgan fingerprint density at radius 3 is 2.61 bits per heavy atom. The van der Waals surface area contributed by atoms with Crippen molar-refractivity contribution in [3.8, 4) is 0 Å². The summed E-state index contributed by atoms with van der Waals surface area (Å²) in [5.74, 6) is 1.91. The molecule has 0 radical (unpaired) electrons. The van der Waals surface area contributed by atoms with Crippen LogP contribution in [0.2, 0.25) is 0 Å². The van der Waals surface area contributed by atoms with E-state index in [9.17, 15) is 4.79 Å². The number of likely N-dealkylation sites (tertiary alicyclic amines) is 1. The molecular weight excluding hydrogens is 224 g/mol. The van der Waals surface area contributed by atoms with Crippen LogP contribution < -0.4 is 5.32 Å². The summed E-state index contributed by atoms with van der Waals surface area (Å²) >= 11 is 0. The van der Waals surface area contributed by atoms with Gasteiger partial charge in [-0.25, -0.2) is 0 Å². The number of benzene rings is 1. The fourth-order valence-corrected chi connectivity index (χ4v) is 3.73. The van der Waals surface area contributed by atoms with Gasteiger partial charge < -0.3 is 10.2 Å². The highest BCUT2D eigenvalue weighted by molar-refractivity contribution is 5.87. The smallest absolute Gasteiger partial charge is 0.230 e. The first-order valence-electron chi connectivity index (χ1n) is 6.90. The van der Waals surface area contributed by atoms with Gasteiger partial charge in [0.2, 0.25) is 5.91 Å². The van der Waals surface area contributed by atoms with E-state index < -0.39 is 0 Å². The van der Waals surface area contributed by atoms with Gasteiger partial charge in [-0.3, -0.25) is 4.79 Å². The van der Waals surface area contributed by atoms with Crippen LogP contribution in [0, 0.1) is 11.8 Å². The van der Waals surface area contributed by atoms with Gasteiger partial charge in [-0.1, -0.05) is 24.3 Å². The fourth-order valence-electron chi connectivity index (χ4n) is 3.73. The summed E-state index contributed by atoms with van der Waals surface area (Å²) in [6.07, 6.45) is 0.944. The molecule has 18 heavy (non-hydrogen) atoms. The zero-order valence-corrected chi connectivity index (χ0v) is 10.4. The molecule has 0 spiro atoms. The monoisotopic (exact) mass is 242 g/mol. The molecule has 0 bridgehead atoms. The second-order valence-electron chi connectivity index (χ2n) is 5.88. The Morgan fingerprint density at radius 1 is 1.17 bits per heavy atom. The van der Waals surface area contributed by atoms with Crippen molar-refractivity contribution in [2.45, 2.75) is 12.3 Å². The van der Waals surface area contributed by atoms with Gasteiger partial charge in [0.05, 0.1) is 5.92 Å². The molecule has 3 heteroatoms. The average Bonchev–Trinajstić information content (AvgIpc) is 2.90. The van der Waals surface area contributed by atoms with E-state index in [0.29, 0.717) is 17.7 Å². The molecule has 3 unspecified atom stereocenters. The van der Waals surface area contributed by atoms with E-state index in [2.05, 4.69) is 28.4 Å². The topological polar surface area (TPSA) is 32.3 Å². The number of carbonyl (C=O) groups excluding carboxylic acids is 1. The molecule has 1 aromatic rings. The SMILES string of the molecule is O=C(C1Cc2ccccc21)N1CC2CNCC2C1. The predicted octanol–water partition coefficient (Wildman–Crippen LogP) is 1.00. The third-order valence-corrected chi connectivity index (χ3v) is 4.85. The number of hydrogen-bond acceptors (Lipinski definition) is 2. The second-order valence-corrected chi connectivity index (χ2v) is 5.88. The highest BCUT2D eigenvalue weighted by Gasteiger charge is 2.42. The largest absolute Gasteiger partial charge is 0.341 e. The molecule has 0 aromatic heterocycles. The number of hydrogen-bond donors (Lipinski definition) is 1. The Balaban J connectivity index is 1.50. The maximum absolute atomic E-state index is 12.5. The summed E-state index contributed by atoms with van der Waals surface area (Å²) in [5, 5.41) is 3.42. The predicted molar refractivity (Wildman–Crippen MR) is 69.3 cm³/mol. The molecule has 1 N–H and O–H groups in total. The summed E-state index contributed by atoms with van der Waals surface area (Å²) < 4.78 is 0. The van der Waals surface area contributed by atoms with Gasteiger partial charge in [-0.05, 0) is 29.4 Å². The van der Waals surface area contributed by atoms with Crippen molar-refractivity contribution in [2.24, 2.45) is 11.8 Å². The number of fused-ring (bicyclic) bond motifs is 2. The molecule has 94 valence electrons. The first-order valence-corrected chi connectivity index (χ1v) is 6.90. The molecule has 1 aliphatic carbocycles. The lowest BCUT2D eigenvalue weighted by atomic mass is 9.77. The molecule has 2 saturated heterocycles. The van der Waals surface area contributed by atoms with E-state index in [4.69, 9.17) is 0 Å². The zero-order valence-electron chi connectivity index (χ0n) is 10.4. The van der Waals surface area contributed by atoms with Crippen LogP contribution in [0.25, 0.3) is 0 Å². The van der Waals surface area contributed by atoms with E-state index in [1.165, 1.54) is 11.1 Å². The first kappa shape index (κ1) is 10.6. The minimum absolute atomic E-state index is 0.146. The summed E-state index contributed by atoms with van der Waals surface area (Å²) in [5.41, 5.74) is 2.62. The summed E-state index contributed by atoms with van der Waals surface area (Å²) in [4.78, 5) is 14.6. The van der Waals surface area contributed by atoms with Gasteiger partial charge in [0.25, 0.3) is 0 Å². The Labute approximate surface area is 107 Å². The zero-order chi connectivity index (χ0) is 12.1. The van der Waals surface area contributed by atoms with Crippen LogP contribution in [0.3, 0.4) is 0 Å². The second kappa shape index (κ2) is 3.82. The van der Waals surface area contributed by atoms with Crippen molar-refractivity contribution in [1.29, 1.82) is 0 Å². The van der Waals surface area contributed by atoms with Crippen LogP contribution in [0.5, 0.6) is 0 Å². The van der Waals surface area contributed by atoms with Gasteiger partial charge in [0.15, 0.2) is 0 Å². The van der Waals surface area contributed by atoms with E-state index in [1.54, 1.807) is 0 Å². The lowest BCUT2D eigenvalue weighted by Gasteiger charge is -2.32. The van der Waals surface area contributed by atoms with Gasteiger partial charge in [0.1, 0.15) is 0 Å². The van der Waals surface area contributed by atoms with Gasteiger partial charge in [-0.2, -0.15) is 0 Å². The van der Waals surface area contributed by atoms with Crippen molar-refractivity contribution in [2.75, 3.05) is 26.2 Å². The van der Waals surface area contributed by atoms with E-state index in [1.807, 2.05) is 6.07 Å². The van der Waals surface area contributed by atoms with Gasteiger partial charge >= 0.3 is 0 Å². The van der Waals surface area contributed by atoms with Gasteiger partial charge in [-0.15, -0.1) is 0 Å². The van der Waals surface area contributed by atoms with E-state index in [-0.39, 0.29) is 5.92 Å². The van der Waals surface area contributed by atoms with Crippen LogP contribution in [0.15, 0.2) is 24.3 Å². The van der Waals surface area contributed by atoms with Crippen LogP contribution in [-0.4, -0.2) is 37.0 Å². The van der Waals surface area contributed by atoms with Crippen LogP contribution in [0.4, 0.5) is 0 Å². The molecule has 2 fully saturated rings. The molecule has 4 rings (SSSR count). The molecule has 3 atom stereocenters. The van der Waals surface area contributed by atoms with Crippen molar-refractivity contribution in [3.05, 3.63) is 35.4 Å². The molecule has 2 aliphatic heterocycles. The standard InChI is InChI=1S/C15H18N2O/c18-15(14-5-10-3-1-2-4-13(10)14)17-8-11-6-16-7-12(11)9-17/h1-4,11-12,14,16H,5-9H2. The summed E-state index contributed by atoms with van der Waals surface area (Å²) in [6, 6.07) is 8.36. The number of nitrogens with one attached hydrogen (secondary N) is 1. The minimum atomic E-state index is 0.146. The van der Waals surface area contributed by atoms with Gasteiger partial charge in [0, 0.05) is 26.2 Å². The third-order valence-electron chi connectivity index (χ3n) is 4.85. The third kappa shape index (κ3) is 1.43. The number of carbonyl (C=O) groups is 1. The van der Waals surface area contributed by atoms with Crippen molar-refractivity contribution >= 4 is 5.91 Å². The Hall–Kier alpha value is -1.35. The highest BCUT2D eigenvalue weighted by atomic mass is 16.2. The molecule has 2 heterocycles. The molecule has 0 saturated carbocycles. The molecule has 3 aliphatic rings. The molecule has 3 nitrogen and oxygen atoms in total. The van der Waals surface area contributed by atoms with Crippen LogP contribution in [-0.2, 0) is 11.2 Å². The Bertz CT molecular complexity index is 487. The lowest BCUT2D eigenvalue weighted by molar-refractivity contribution is -0.132. The Kier molecular flexibility index (Phi) is 2.24. The number of nitrogens with zero attached hydrogens (tertiary/aromatic N) is 1. The Morgan fingerprint density at radius 2 is 1.89 bits per heavy atom. The summed E-state index contributed by atoms with van der Waals surface area (Å²) in [7, 11) is 0. The molecule has 1 amide bonds. The van der Waals surface area contributed by atoms with E-state index >= 15 is 0 Å². The maximum atomic E-state index is 12.5. The van der Waals surface area contributed by atoms with E-state index in [0.717, 1.165) is 32.6 Å². The number of rotatable bonds is 1. The lowest BCUT2D eigenvalue weighted by Crippen LogP contribution is -2.39. The normalized spacial score (nSPS) is 32.9. The van der Waals surface area contributed by atoms with Crippen LogP contribution in [0.1, 0.15) is 17.0 Å². The van der Waals surface area contributed by atoms with Crippen LogP contribution >= 0.6 is 0 Å². The fraction of sp³-hybridized carbons (Fsp3) is 0.533. The summed E-state index contributed by atoms with van der Waals surface area (Å²) in [6.45, 7) is 4.12. The maximum Gasteiger partial charge on any atom is 0.230 e. The average molecular weight is 242 g/mol. The first-order chi connectivity index (χ1) is 8.83. The minimum Gasteiger partial charge on any atom is -0.341 e. The number of amides is 1. The highest BCUT2D eigenvalue weighted by Crippen LogP contribution is 2.38. The quantitative estimate of drug-likeness (QED) is 0.797. The molecule has 1 aromatic carbocycles. The van der Waals surface area contributed by atoms with Crippen molar-refractivity contribution in [1.82, 2.24) is 10.2 Å². The van der Waals surface area contributed by atoms with Crippen molar-refractivity contribution in [3.63, 3.8) is 0 Å².